The molecule has 26 heavy (non-hydrogen) atoms. The molecule has 0 N–H and O–H groups in total. The average molecular weight is 352 g/mol. The summed E-state index contributed by atoms with van der Waals surface area (Å²) < 4.78 is 11.2. The molecular weight excluding hydrogens is 328 g/mol. The summed E-state index contributed by atoms with van der Waals surface area (Å²) in [6.07, 6.45) is 8.36. The molecule has 5 nitrogen and oxygen atoms in total. The first kappa shape index (κ1) is 15.9. The van der Waals surface area contributed by atoms with Gasteiger partial charge in [0.1, 0.15) is 12.4 Å². The van der Waals surface area contributed by atoms with Crippen molar-refractivity contribution in [2.24, 2.45) is 5.92 Å². The van der Waals surface area contributed by atoms with Crippen LogP contribution < -0.4 is 4.74 Å². The number of rotatable bonds is 4. The van der Waals surface area contributed by atoms with E-state index in [0.29, 0.717) is 30.0 Å². The smallest absolute Gasteiger partial charge is 0.276 e. The van der Waals surface area contributed by atoms with Gasteiger partial charge in [-0.25, -0.2) is 0 Å². The van der Waals surface area contributed by atoms with E-state index in [1.807, 2.05) is 11.0 Å². The van der Waals surface area contributed by atoms with Gasteiger partial charge in [0.05, 0.1) is 0 Å². The van der Waals surface area contributed by atoms with Gasteiger partial charge < -0.3 is 14.2 Å². The minimum Gasteiger partial charge on any atom is -0.486 e. The van der Waals surface area contributed by atoms with Crippen molar-refractivity contribution < 1.29 is 14.1 Å². The molecule has 1 aromatic carbocycles. The van der Waals surface area contributed by atoms with Crippen LogP contribution in [0.4, 0.5) is 0 Å². The average Bonchev–Trinajstić information content (AvgIpc) is 3.42. The molecule has 1 aliphatic heterocycles. The van der Waals surface area contributed by atoms with Gasteiger partial charge in [-0.2, -0.15) is 0 Å². The highest BCUT2D eigenvalue weighted by Crippen LogP contribution is 2.38. The van der Waals surface area contributed by atoms with E-state index in [0.717, 1.165) is 31.6 Å². The third-order valence-corrected chi connectivity index (χ3v) is 6.15. The molecule has 0 unspecified atom stereocenters. The van der Waals surface area contributed by atoms with Crippen LogP contribution in [0.5, 0.6) is 5.75 Å². The van der Waals surface area contributed by atoms with Crippen molar-refractivity contribution in [2.45, 2.75) is 57.6 Å². The number of amides is 1. The molecule has 1 aromatic heterocycles. The lowest BCUT2D eigenvalue weighted by Crippen LogP contribution is -2.37. The van der Waals surface area contributed by atoms with E-state index < -0.39 is 0 Å². The van der Waals surface area contributed by atoms with E-state index in [1.54, 1.807) is 6.07 Å². The number of ether oxygens (including phenoxy) is 1. The molecule has 1 saturated heterocycles. The molecule has 2 bridgehead atoms. The van der Waals surface area contributed by atoms with E-state index >= 15 is 0 Å². The molecule has 2 fully saturated rings. The number of benzene rings is 1. The number of fused-ring (bicyclic) bond motifs is 3. The van der Waals surface area contributed by atoms with Gasteiger partial charge in [0.2, 0.25) is 0 Å². The zero-order valence-electron chi connectivity index (χ0n) is 14.9. The quantitative estimate of drug-likeness (QED) is 0.841. The summed E-state index contributed by atoms with van der Waals surface area (Å²) >= 11 is 0. The fourth-order valence-corrected chi connectivity index (χ4v) is 4.76. The van der Waals surface area contributed by atoms with E-state index in [9.17, 15) is 4.79 Å². The highest BCUT2D eigenvalue weighted by atomic mass is 16.5. The van der Waals surface area contributed by atoms with Crippen LogP contribution in [-0.2, 0) is 19.4 Å². The lowest BCUT2D eigenvalue weighted by Gasteiger charge is -2.25. The summed E-state index contributed by atoms with van der Waals surface area (Å²) in [6.45, 7) is 1.17. The first-order valence-electron chi connectivity index (χ1n) is 9.77. The van der Waals surface area contributed by atoms with E-state index in [4.69, 9.17) is 9.26 Å². The number of aromatic nitrogens is 1. The second-order valence-electron chi connectivity index (χ2n) is 7.90. The maximum Gasteiger partial charge on any atom is 0.276 e. The monoisotopic (exact) mass is 352 g/mol. The minimum atomic E-state index is 0.000908. The third kappa shape index (κ3) is 2.89. The van der Waals surface area contributed by atoms with Crippen molar-refractivity contribution in [3.63, 3.8) is 0 Å². The topological polar surface area (TPSA) is 55.6 Å². The standard InChI is InChI=1S/C21H24N2O3/c24-21(23-12-14-5-7-17(23)9-14)20-11-19(26-22-20)13-25-18-8-6-15-3-1-2-4-16(15)10-18/h6,8,10-11,14,17H,1-5,7,9,12-13H2/t14-,17-/m0/s1. The zero-order valence-corrected chi connectivity index (χ0v) is 14.9. The van der Waals surface area contributed by atoms with Crippen LogP contribution in [0.1, 0.15) is 59.5 Å². The van der Waals surface area contributed by atoms with E-state index in [-0.39, 0.29) is 5.91 Å². The Labute approximate surface area is 153 Å². The van der Waals surface area contributed by atoms with Crippen LogP contribution in [0.15, 0.2) is 28.8 Å². The number of aryl methyl sites for hydroxylation is 2. The highest BCUT2D eigenvalue weighted by Gasteiger charge is 2.41. The Bertz CT molecular complexity index is 828. The molecule has 2 heterocycles. The summed E-state index contributed by atoms with van der Waals surface area (Å²) in [5.74, 6) is 2.13. The predicted molar refractivity (Wildman–Crippen MR) is 96.1 cm³/mol. The molecule has 1 saturated carbocycles. The first-order valence-corrected chi connectivity index (χ1v) is 9.77. The highest BCUT2D eigenvalue weighted by molar-refractivity contribution is 5.92. The van der Waals surface area contributed by atoms with Gasteiger partial charge in [-0.3, -0.25) is 4.79 Å². The molecule has 5 heteroatoms. The summed E-state index contributed by atoms with van der Waals surface area (Å²) in [5, 5.41) is 3.98. The maximum absolute atomic E-state index is 12.6. The van der Waals surface area contributed by atoms with Gasteiger partial charge >= 0.3 is 0 Å². The van der Waals surface area contributed by atoms with E-state index in [1.165, 1.54) is 36.8 Å². The molecular formula is C21H24N2O3. The van der Waals surface area contributed by atoms with Crippen molar-refractivity contribution in [2.75, 3.05) is 6.54 Å². The van der Waals surface area contributed by atoms with Crippen LogP contribution in [-0.4, -0.2) is 28.6 Å². The number of carbonyl (C=O) groups is 1. The van der Waals surface area contributed by atoms with Crippen LogP contribution in [0.2, 0.25) is 0 Å². The molecule has 2 atom stereocenters. The van der Waals surface area contributed by atoms with Crippen LogP contribution in [0, 0.1) is 5.92 Å². The second-order valence-corrected chi connectivity index (χ2v) is 7.90. The predicted octanol–water partition coefficient (Wildman–Crippen LogP) is 3.76. The minimum absolute atomic E-state index is 0.000908. The lowest BCUT2D eigenvalue weighted by atomic mass is 9.92. The molecule has 5 rings (SSSR count). The Balaban J connectivity index is 1.23. The summed E-state index contributed by atoms with van der Waals surface area (Å²) in [6, 6.07) is 8.46. The van der Waals surface area contributed by atoms with Gasteiger partial charge in [-0.1, -0.05) is 11.2 Å². The number of likely N-dealkylation sites (tertiary alicyclic amines) is 1. The summed E-state index contributed by atoms with van der Waals surface area (Å²) in [4.78, 5) is 14.6. The van der Waals surface area contributed by atoms with Gasteiger partial charge in [0, 0.05) is 18.7 Å². The molecule has 0 spiro atoms. The molecule has 1 amide bonds. The van der Waals surface area contributed by atoms with Crippen molar-refractivity contribution in [1.29, 1.82) is 0 Å². The zero-order chi connectivity index (χ0) is 17.5. The van der Waals surface area contributed by atoms with Gasteiger partial charge in [0.15, 0.2) is 11.5 Å². The maximum atomic E-state index is 12.6. The van der Waals surface area contributed by atoms with Gasteiger partial charge in [0.25, 0.3) is 5.91 Å². The number of nitrogens with zero attached hydrogens (tertiary/aromatic N) is 2. The van der Waals surface area contributed by atoms with Crippen molar-refractivity contribution >= 4 is 5.91 Å². The Morgan fingerprint density at radius 1 is 1.19 bits per heavy atom. The Morgan fingerprint density at radius 2 is 2.08 bits per heavy atom. The van der Waals surface area contributed by atoms with Crippen molar-refractivity contribution in [1.82, 2.24) is 10.1 Å². The Hall–Kier alpha value is -2.30. The largest absolute Gasteiger partial charge is 0.486 e. The van der Waals surface area contributed by atoms with Crippen LogP contribution in [0.3, 0.4) is 0 Å². The molecule has 136 valence electrons. The Kier molecular flexibility index (Phi) is 3.95. The molecule has 3 aliphatic rings. The fraction of sp³-hybridized carbons (Fsp3) is 0.524. The number of hydrogen-bond donors (Lipinski definition) is 0. The summed E-state index contributed by atoms with van der Waals surface area (Å²) in [7, 11) is 0. The molecule has 2 aliphatic carbocycles. The van der Waals surface area contributed by atoms with Gasteiger partial charge in [-0.05, 0) is 74.1 Å². The van der Waals surface area contributed by atoms with Gasteiger partial charge in [-0.15, -0.1) is 0 Å². The second kappa shape index (κ2) is 6.45. The van der Waals surface area contributed by atoms with Crippen molar-refractivity contribution in [3.8, 4) is 5.75 Å². The first-order chi connectivity index (χ1) is 12.8. The SMILES string of the molecule is O=C(c1cc(COc2ccc3c(c2)CCCC3)on1)N1C[C@H]2CC[C@H]1C2. The van der Waals surface area contributed by atoms with Crippen LogP contribution in [0.25, 0.3) is 0 Å². The normalized spacial score (nSPS) is 23.9. The number of hydrogen-bond acceptors (Lipinski definition) is 4. The molecule has 2 aromatic rings. The fourth-order valence-electron chi connectivity index (χ4n) is 4.76. The van der Waals surface area contributed by atoms with Crippen LogP contribution >= 0.6 is 0 Å². The number of piperidine rings is 1. The van der Waals surface area contributed by atoms with Crippen molar-refractivity contribution in [3.05, 3.63) is 46.8 Å². The Morgan fingerprint density at radius 3 is 2.88 bits per heavy atom. The van der Waals surface area contributed by atoms with E-state index in [2.05, 4.69) is 17.3 Å². The molecule has 0 radical (unpaired) electrons. The number of carbonyl (C=O) groups excluding carboxylic acids is 1. The lowest BCUT2D eigenvalue weighted by molar-refractivity contribution is 0.0692. The summed E-state index contributed by atoms with van der Waals surface area (Å²) in [5.41, 5.74) is 3.24. The third-order valence-electron chi connectivity index (χ3n) is 6.15.